The Hall–Kier alpha value is -1.06. The van der Waals surface area contributed by atoms with Crippen molar-refractivity contribution in [3.05, 3.63) is 29.3 Å². The molecule has 0 aliphatic carbocycles. The van der Waals surface area contributed by atoms with Crippen molar-refractivity contribution in [1.82, 2.24) is 4.90 Å². The molecule has 1 fully saturated rings. The van der Waals surface area contributed by atoms with Crippen LogP contribution in [0.4, 0.5) is 5.69 Å². The molecule has 0 unspecified atom stereocenters. The summed E-state index contributed by atoms with van der Waals surface area (Å²) in [6.07, 6.45) is 3.74. The van der Waals surface area contributed by atoms with Crippen LogP contribution in [-0.4, -0.2) is 38.1 Å². The Morgan fingerprint density at radius 2 is 2.00 bits per heavy atom. The fourth-order valence-electron chi connectivity index (χ4n) is 3.36. The molecule has 3 rings (SSSR count). The van der Waals surface area contributed by atoms with Crippen molar-refractivity contribution >= 4 is 5.69 Å². The van der Waals surface area contributed by atoms with Crippen LogP contribution >= 0.6 is 0 Å². The number of benzene rings is 1. The third-order valence-electron chi connectivity index (χ3n) is 4.72. The van der Waals surface area contributed by atoms with E-state index in [-0.39, 0.29) is 0 Å². The minimum atomic E-state index is 0.755. The van der Waals surface area contributed by atoms with Gasteiger partial charge in [-0.15, -0.1) is 0 Å². The highest BCUT2D eigenvalue weighted by atomic mass is 15.1. The molecule has 2 heterocycles. The van der Waals surface area contributed by atoms with Gasteiger partial charge in [-0.1, -0.05) is 12.1 Å². The Morgan fingerprint density at radius 3 is 2.74 bits per heavy atom. The van der Waals surface area contributed by atoms with Gasteiger partial charge in [0.05, 0.1) is 0 Å². The minimum Gasteiger partial charge on any atom is -0.374 e. The van der Waals surface area contributed by atoms with E-state index in [2.05, 4.69) is 35.0 Å². The Labute approximate surface area is 116 Å². The molecule has 1 aromatic carbocycles. The van der Waals surface area contributed by atoms with E-state index in [4.69, 9.17) is 5.73 Å². The van der Waals surface area contributed by atoms with E-state index in [0.29, 0.717) is 0 Å². The molecule has 3 nitrogen and oxygen atoms in total. The number of likely N-dealkylation sites (N-methyl/N-ethyl adjacent to an activating group) is 1. The Bertz CT molecular complexity index is 436. The lowest BCUT2D eigenvalue weighted by molar-refractivity contribution is 0.180. The first-order valence-corrected chi connectivity index (χ1v) is 7.51. The van der Waals surface area contributed by atoms with E-state index in [1.807, 2.05) is 0 Å². The number of nitrogens with zero attached hydrogens (tertiary/aromatic N) is 2. The zero-order chi connectivity index (χ0) is 13.2. The average Bonchev–Trinajstić information content (AvgIpc) is 2.81. The zero-order valence-electron chi connectivity index (χ0n) is 11.9. The number of nitrogens with two attached hydrogens (primary N) is 1. The predicted octanol–water partition coefficient (Wildman–Crippen LogP) is 1.85. The van der Waals surface area contributed by atoms with Gasteiger partial charge in [-0.05, 0) is 62.0 Å². The lowest BCUT2D eigenvalue weighted by Gasteiger charge is -2.31. The normalized spacial score (nSPS) is 20.8. The molecule has 1 saturated heterocycles. The van der Waals surface area contributed by atoms with Crippen LogP contribution in [0.5, 0.6) is 0 Å². The summed E-state index contributed by atoms with van der Waals surface area (Å²) in [4.78, 5) is 4.93. The lowest BCUT2D eigenvalue weighted by atomic mass is 9.96. The predicted molar refractivity (Wildman–Crippen MR) is 80.5 cm³/mol. The summed E-state index contributed by atoms with van der Waals surface area (Å²) >= 11 is 0. The second kappa shape index (κ2) is 5.51. The molecule has 0 aromatic heterocycles. The number of fused-ring (bicyclic) bond motifs is 1. The topological polar surface area (TPSA) is 32.5 Å². The van der Waals surface area contributed by atoms with Gasteiger partial charge in [0, 0.05) is 25.8 Å². The molecule has 19 heavy (non-hydrogen) atoms. The number of hydrogen-bond donors (Lipinski definition) is 1. The average molecular weight is 259 g/mol. The van der Waals surface area contributed by atoms with Crippen LogP contribution in [0.2, 0.25) is 0 Å². The van der Waals surface area contributed by atoms with E-state index in [1.54, 1.807) is 0 Å². The summed E-state index contributed by atoms with van der Waals surface area (Å²) in [6.45, 7) is 5.55. The van der Waals surface area contributed by atoms with Gasteiger partial charge in [0.25, 0.3) is 0 Å². The zero-order valence-corrected chi connectivity index (χ0v) is 11.9. The maximum Gasteiger partial charge on any atom is 0.0397 e. The van der Waals surface area contributed by atoms with Crippen LogP contribution in [-0.2, 0) is 13.0 Å². The van der Waals surface area contributed by atoms with Gasteiger partial charge >= 0.3 is 0 Å². The Kier molecular flexibility index (Phi) is 3.76. The maximum atomic E-state index is 5.75. The number of hydrogen-bond acceptors (Lipinski definition) is 3. The van der Waals surface area contributed by atoms with E-state index in [1.165, 1.54) is 55.7 Å². The lowest BCUT2D eigenvalue weighted by Crippen LogP contribution is -2.35. The summed E-state index contributed by atoms with van der Waals surface area (Å²) < 4.78 is 0. The van der Waals surface area contributed by atoms with Crippen LogP contribution in [0.3, 0.4) is 0 Å². The van der Waals surface area contributed by atoms with Gasteiger partial charge in [0.2, 0.25) is 0 Å². The van der Waals surface area contributed by atoms with Gasteiger partial charge in [0.1, 0.15) is 0 Å². The second-order valence-electron chi connectivity index (χ2n) is 6.09. The van der Waals surface area contributed by atoms with E-state index < -0.39 is 0 Å². The van der Waals surface area contributed by atoms with Crippen LogP contribution in [0.1, 0.15) is 24.0 Å². The van der Waals surface area contributed by atoms with E-state index in [9.17, 15) is 0 Å². The fourth-order valence-corrected chi connectivity index (χ4v) is 3.36. The molecule has 104 valence electrons. The van der Waals surface area contributed by atoms with E-state index >= 15 is 0 Å². The van der Waals surface area contributed by atoms with Crippen molar-refractivity contribution in [2.45, 2.75) is 25.8 Å². The monoisotopic (exact) mass is 259 g/mol. The molecule has 3 heteroatoms. The van der Waals surface area contributed by atoms with Crippen molar-refractivity contribution in [2.75, 3.05) is 38.1 Å². The number of piperidine rings is 1. The van der Waals surface area contributed by atoms with Crippen molar-refractivity contribution in [3.8, 4) is 0 Å². The summed E-state index contributed by atoms with van der Waals surface area (Å²) in [6, 6.07) is 7.01. The van der Waals surface area contributed by atoms with Crippen molar-refractivity contribution in [2.24, 2.45) is 11.7 Å². The molecule has 0 amide bonds. The number of rotatable bonds is 3. The molecule has 2 aliphatic rings. The third kappa shape index (κ3) is 2.77. The van der Waals surface area contributed by atoms with Gasteiger partial charge in [0.15, 0.2) is 0 Å². The minimum absolute atomic E-state index is 0.755. The highest BCUT2D eigenvalue weighted by Crippen LogP contribution is 2.28. The van der Waals surface area contributed by atoms with Crippen molar-refractivity contribution < 1.29 is 0 Å². The standard InChI is InChI=1S/C16H25N3/c1-18-7-6-15-10-14(2-3-16(15)18)12-19-8-4-13(11-17)5-9-19/h2-3,10,13H,4-9,11-12,17H2,1H3. The Balaban J connectivity index is 1.62. The molecule has 1 aromatic rings. The number of anilines is 1. The summed E-state index contributed by atoms with van der Waals surface area (Å²) in [7, 11) is 2.18. The molecule has 0 radical (unpaired) electrons. The molecule has 0 atom stereocenters. The smallest absolute Gasteiger partial charge is 0.0397 e. The van der Waals surface area contributed by atoms with Crippen LogP contribution in [0.25, 0.3) is 0 Å². The van der Waals surface area contributed by atoms with Crippen LogP contribution in [0, 0.1) is 5.92 Å². The van der Waals surface area contributed by atoms with E-state index in [0.717, 1.165) is 19.0 Å². The SMILES string of the molecule is CN1CCc2cc(CN3CCC(CN)CC3)ccc21. The molecule has 0 spiro atoms. The molecule has 0 bridgehead atoms. The van der Waals surface area contributed by atoms with Crippen molar-refractivity contribution in [1.29, 1.82) is 0 Å². The maximum absolute atomic E-state index is 5.75. The Morgan fingerprint density at radius 1 is 1.21 bits per heavy atom. The van der Waals surface area contributed by atoms with Crippen LogP contribution in [0.15, 0.2) is 18.2 Å². The summed E-state index contributed by atoms with van der Waals surface area (Å²) in [5, 5.41) is 0. The van der Waals surface area contributed by atoms with Gasteiger partial charge in [-0.25, -0.2) is 0 Å². The van der Waals surface area contributed by atoms with Crippen molar-refractivity contribution in [3.63, 3.8) is 0 Å². The van der Waals surface area contributed by atoms with Crippen LogP contribution < -0.4 is 10.6 Å². The molecule has 0 saturated carbocycles. The second-order valence-corrected chi connectivity index (χ2v) is 6.09. The first kappa shape index (κ1) is 12.9. The highest BCUT2D eigenvalue weighted by Gasteiger charge is 2.19. The quantitative estimate of drug-likeness (QED) is 0.899. The highest BCUT2D eigenvalue weighted by molar-refractivity contribution is 5.58. The number of likely N-dealkylation sites (tertiary alicyclic amines) is 1. The fraction of sp³-hybridized carbons (Fsp3) is 0.625. The van der Waals surface area contributed by atoms with Gasteiger partial charge in [-0.2, -0.15) is 0 Å². The largest absolute Gasteiger partial charge is 0.374 e. The molecular formula is C16H25N3. The first-order chi connectivity index (χ1) is 9.26. The first-order valence-electron chi connectivity index (χ1n) is 7.51. The molecule has 2 aliphatic heterocycles. The van der Waals surface area contributed by atoms with Gasteiger partial charge in [-0.3, -0.25) is 4.90 Å². The third-order valence-corrected chi connectivity index (χ3v) is 4.72. The summed E-state index contributed by atoms with van der Waals surface area (Å²) in [5.74, 6) is 0.755. The van der Waals surface area contributed by atoms with Gasteiger partial charge < -0.3 is 10.6 Å². The molecule has 2 N–H and O–H groups in total. The molecular weight excluding hydrogens is 234 g/mol. The summed E-state index contributed by atoms with van der Waals surface area (Å²) in [5.41, 5.74) is 10.2.